The summed E-state index contributed by atoms with van der Waals surface area (Å²) in [6, 6.07) is 18.8. The van der Waals surface area contributed by atoms with Gasteiger partial charge in [-0.05, 0) is 63.1 Å². The molecule has 2 amide bonds. The highest BCUT2D eigenvalue weighted by Gasteiger charge is 2.20. The predicted molar refractivity (Wildman–Crippen MR) is 122 cm³/mol. The number of amides is 2. The molecule has 5 nitrogen and oxygen atoms in total. The molecule has 29 heavy (non-hydrogen) atoms. The summed E-state index contributed by atoms with van der Waals surface area (Å²) >= 11 is 0. The van der Waals surface area contributed by atoms with Crippen molar-refractivity contribution < 1.29 is 4.79 Å². The molecule has 0 bridgehead atoms. The van der Waals surface area contributed by atoms with Crippen LogP contribution in [0.5, 0.6) is 0 Å². The van der Waals surface area contributed by atoms with Crippen molar-refractivity contribution in [2.24, 2.45) is 0 Å². The summed E-state index contributed by atoms with van der Waals surface area (Å²) in [4.78, 5) is 19.3. The Morgan fingerprint density at radius 1 is 0.931 bits per heavy atom. The first-order valence-corrected chi connectivity index (χ1v) is 10.9. The van der Waals surface area contributed by atoms with Crippen molar-refractivity contribution in [1.82, 2.24) is 9.80 Å². The first-order valence-electron chi connectivity index (χ1n) is 10.9. The molecule has 2 aromatic carbocycles. The Balaban J connectivity index is 1.39. The Kier molecular flexibility index (Phi) is 7.94. The van der Waals surface area contributed by atoms with Gasteiger partial charge in [-0.15, -0.1) is 0 Å². The molecule has 1 fully saturated rings. The molecule has 0 saturated carbocycles. The third-order valence-corrected chi connectivity index (χ3v) is 5.69. The van der Waals surface area contributed by atoms with Crippen LogP contribution in [0.15, 0.2) is 54.6 Å². The zero-order valence-electron chi connectivity index (χ0n) is 17.8. The fourth-order valence-electron chi connectivity index (χ4n) is 3.87. The number of nitrogens with zero attached hydrogens (tertiary/aromatic N) is 3. The maximum Gasteiger partial charge on any atom is 0.321 e. The van der Waals surface area contributed by atoms with Gasteiger partial charge in [0, 0.05) is 50.6 Å². The lowest BCUT2D eigenvalue weighted by atomic mass is 10.1. The second kappa shape index (κ2) is 10.9. The van der Waals surface area contributed by atoms with Crippen LogP contribution in [0.4, 0.5) is 16.2 Å². The van der Waals surface area contributed by atoms with Crippen LogP contribution in [0.3, 0.4) is 0 Å². The van der Waals surface area contributed by atoms with Gasteiger partial charge in [0.2, 0.25) is 0 Å². The Hall–Kier alpha value is -2.53. The molecule has 1 heterocycles. The second-order valence-electron chi connectivity index (χ2n) is 7.57. The minimum absolute atomic E-state index is 0.00419. The van der Waals surface area contributed by atoms with Gasteiger partial charge in [-0.3, -0.25) is 4.90 Å². The molecule has 156 valence electrons. The van der Waals surface area contributed by atoms with Gasteiger partial charge < -0.3 is 15.1 Å². The molecule has 1 aliphatic heterocycles. The van der Waals surface area contributed by atoms with E-state index >= 15 is 0 Å². The SMILES string of the molecule is CCN(CC)c1ccc(NC(=O)N2CCN(CCCc3ccccc3)CC2)cc1. The van der Waals surface area contributed by atoms with Crippen molar-refractivity contribution in [2.75, 3.05) is 56.0 Å². The Bertz CT molecular complexity index is 735. The lowest BCUT2D eigenvalue weighted by Gasteiger charge is -2.34. The van der Waals surface area contributed by atoms with Crippen molar-refractivity contribution >= 4 is 17.4 Å². The van der Waals surface area contributed by atoms with Crippen LogP contribution in [-0.4, -0.2) is 61.6 Å². The summed E-state index contributed by atoms with van der Waals surface area (Å²) in [7, 11) is 0. The molecular weight excluding hydrogens is 360 g/mol. The van der Waals surface area contributed by atoms with Gasteiger partial charge in [-0.1, -0.05) is 30.3 Å². The zero-order valence-corrected chi connectivity index (χ0v) is 17.8. The summed E-state index contributed by atoms with van der Waals surface area (Å²) in [5.74, 6) is 0. The van der Waals surface area contributed by atoms with Gasteiger partial charge >= 0.3 is 6.03 Å². The normalized spacial score (nSPS) is 14.6. The number of hydrogen-bond acceptors (Lipinski definition) is 3. The van der Waals surface area contributed by atoms with E-state index in [2.05, 4.69) is 71.4 Å². The number of carbonyl (C=O) groups is 1. The average Bonchev–Trinajstić information content (AvgIpc) is 2.77. The first kappa shape index (κ1) is 21.2. The topological polar surface area (TPSA) is 38.8 Å². The highest BCUT2D eigenvalue weighted by atomic mass is 16.2. The van der Waals surface area contributed by atoms with Crippen LogP contribution >= 0.6 is 0 Å². The summed E-state index contributed by atoms with van der Waals surface area (Å²) < 4.78 is 0. The van der Waals surface area contributed by atoms with Gasteiger partial charge in [0.15, 0.2) is 0 Å². The second-order valence-corrected chi connectivity index (χ2v) is 7.57. The van der Waals surface area contributed by atoms with E-state index in [1.165, 1.54) is 11.3 Å². The fraction of sp³-hybridized carbons (Fsp3) is 0.458. The quantitative estimate of drug-likeness (QED) is 0.725. The molecule has 1 N–H and O–H groups in total. The molecule has 0 spiro atoms. The van der Waals surface area contributed by atoms with Crippen LogP contribution < -0.4 is 10.2 Å². The third-order valence-electron chi connectivity index (χ3n) is 5.69. The molecule has 0 atom stereocenters. The van der Waals surface area contributed by atoms with Crippen LogP contribution in [0.2, 0.25) is 0 Å². The maximum absolute atomic E-state index is 12.6. The van der Waals surface area contributed by atoms with E-state index in [4.69, 9.17) is 0 Å². The van der Waals surface area contributed by atoms with E-state index in [1.807, 2.05) is 17.0 Å². The highest BCUT2D eigenvalue weighted by molar-refractivity contribution is 5.89. The van der Waals surface area contributed by atoms with E-state index < -0.39 is 0 Å². The predicted octanol–water partition coefficient (Wildman–Crippen LogP) is 4.32. The summed E-state index contributed by atoms with van der Waals surface area (Å²) in [6.07, 6.45) is 2.28. The molecule has 3 rings (SSSR count). The number of piperazine rings is 1. The van der Waals surface area contributed by atoms with Crippen molar-refractivity contribution in [3.05, 3.63) is 60.2 Å². The van der Waals surface area contributed by atoms with Gasteiger partial charge in [0.1, 0.15) is 0 Å². The van der Waals surface area contributed by atoms with E-state index in [0.29, 0.717) is 0 Å². The van der Waals surface area contributed by atoms with Crippen LogP contribution in [-0.2, 0) is 6.42 Å². The van der Waals surface area contributed by atoms with Gasteiger partial charge in [-0.2, -0.15) is 0 Å². The fourth-order valence-corrected chi connectivity index (χ4v) is 3.87. The molecular formula is C24H34N4O. The molecule has 0 aromatic heterocycles. The van der Waals surface area contributed by atoms with E-state index in [9.17, 15) is 4.79 Å². The Morgan fingerprint density at radius 2 is 1.59 bits per heavy atom. The number of aryl methyl sites for hydroxylation is 1. The monoisotopic (exact) mass is 394 g/mol. The number of benzene rings is 2. The smallest absolute Gasteiger partial charge is 0.321 e. The minimum Gasteiger partial charge on any atom is -0.372 e. The number of anilines is 2. The van der Waals surface area contributed by atoms with Crippen LogP contribution in [0, 0.1) is 0 Å². The van der Waals surface area contributed by atoms with Gasteiger partial charge in [0.05, 0.1) is 0 Å². The minimum atomic E-state index is 0.00419. The molecule has 2 aromatic rings. The first-order chi connectivity index (χ1) is 14.2. The van der Waals surface area contributed by atoms with E-state index in [0.717, 1.165) is 64.3 Å². The standard InChI is InChI=1S/C24H34N4O/c1-3-27(4-2)23-14-12-22(13-15-23)25-24(29)28-19-17-26(18-20-28)16-8-11-21-9-6-5-7-10-21/h5-7,9-10,12-15H,3-4,8,11,16-20H2,1-2H3,(H,25,29). The highest BCUT2D eigenvalue weighted by Crippen LogP contribution is 2.18. The number of urea groups is 1. The largest absolute Gasteiger partial charge is 0.372 e. The van der Waals surface area contributed by atoms with Crippen LogP contribution in [0.1, 0.15) is 25.8 Å². The van der Waals surface area contributed by atoms with Gasteiger partial charge in [-0.25, -0.2) is 4.79 Å². The zero-order chi connectivity index (χ0) is 20.5. The van der Waals surface area contributed by atoms with Crippen molar-refractivity contribution in [2.45, 2.75) is 26.7 Å². The van der Waals surface area contributed by atoms with Crippen molar-refractivity contribution in [3.8, 4) is 0 Å². The van der Waals surface area contributed by atoms with Gasteiger partial charge in [0.25, 0.3) is 0 Å². The number of carbonyl (C=O) groups excluding carboxylic acids is 1. The summed E-state index contributed by atoms with van der Waals surface area (Å²) in [5.41, 5.74) is 3.45. The number of hydrogen-bond donors (Lipinski definition) is 1. The van der Waals surface area contributed by atoms with Crippen molar-refractivity contribution in [3.63, 3.8) is 0 Å². The average molecular weight is 395 g/mol. The molecule has 0 radical (unpaired) electrons. The maximum atomic E-state index is 12.6. The molecule has 0 aliphatic carbocycles. The number of nitrogens with one attached hydrogen (secondary N) is 1. The summed E-state index contributed by atoms with van der Waals surface area (Å²) in [6.45, 7) is 10.8. The molecule has 1 aliphatic rings. The molecule has 5 heteroatoms. The number of rotatable bonds is 8. The molecule has 0 unspecified atom stereocenters. The van der Waals surface area contributed by atoms with Crippen LogP contribution in [0.25, 0.3) is 0 Å². The Morgan fingerprint density at radius 3 is 2.21 bits per heavy atom. The lowest BCUT2D eigenvalue weighted by Crippen LogP contribution is -2.50. The Labute approximate surface area is 175 Å². The lowest BCUT2D eigenvalue weighted by molar-refractivity contribution is 0.146. The van der Waals surface area contributed by atoms with Crippen molar-refractivity contribution in [1.29, 1.82) is 0 Å². The van der Waals surface area contributed by atoms with E-state index in [-0.39, 0.29) is 6.03 Å². The third kappa shape index (κ3) is 6.23. The molecule has 1 saturated heterocycles. The van der Waals surface area contributed by atoms with E-state index in [1.54, 1.807) is 0 Å². The summed E-state index contributed by atoms with van der Waals surface area (Å²) in [5, 5.41) is 3.04.